The number of carbonyl (C=O) groups is 2. The van der Waals surface area contributed by atoms with Crippen LogP contribution in [0.5, 0.6) is 17.2 Å². The Hall–Kier alpha value is -3.51. The summed E-state index contributed by atoms with van der Waals surface area (Å²) in [6.07, 6.45) is 0. The van der Waals surface area contributed by atoms with E-state index in [4.69, 9.17) is 25.8 Å². The number of benzene rings is 3. The van der Waals surface area contributed by atoms with Gasteiger partial charge >= 0.3 is 0 Å². The number of para-hydroxylation sites is 1. The van der Waals surface area contributed by atoms with Gasteiger partial charge in [0, 0.05) is 10.7 Å². The minimum Gasteiger partial charge on any atom is -0.497 e. The Morgan fingerprint density at radius 3 is 2.30 bits per heavy atom. The van der Waals surface area contributed by atoms with Crippen molar-refractivity contribution in [3.8, 4) is 17.2 Å². The highest BCUT2D eigenvalue weighted by Gasteiger charge is 2.18. The molecule has 0 bridgehead atoms. The molecule has 6 nitrogen and oxygen atoms in total. The van der Waals surface area contributed by atoms with E-state index in [1.54, 1.807) is 42.5 Å². The van der Waals surface area contributed by atoms with E-state index < -0.39 is 5.91 Å². The number of carbonyl (C=O) groups excluding carboxylic acids is 2. The second-order valence-corrected chi connectivity index (χ2v) is 6.68. The SMILES string of the molecule is COc1ccc(OC)c(C(=O)COc2ccc(Cl)cc2C(=O)Nc2ccccc2)c1. The van der Waals surface area contributed by atoms with Gasteiger partial charge in [0.05, 0.1) is 25.3 Å². The summed E-state index contributed by atoms with van der Waals surface area (Å²) in [6, 6.07) is 18.6. The van der Waals surface area contributed by atoms with Crippen LogP contribution in [0.4, 0.5) is 5.69 Å². The molecule has 7 heteroatoms. The Labute approximate surface area is 179 Å². The monoisotopic (exact) mass is 425 g/mol. The lowest BCUT2D eigenvalue weighted by Gasteiger charge is -2.13. The molecule has 0 aliphatic heterocycles. The first-order chi connectivity index (χ1) is 14.5. The largest absolute Gasteiger partial charge is 0.497 e. The maximum atomic E-state index is 12.7. The van der Waals surface area contributed by atoms with E-state index in [1.165, 1.54) is 20.3 Å². The number of hydrogen-bond acceptors (Lipinski definition) is 5. The molecule has 154 valence electrons. The molecule has 0 heterocycles. The first-order valence-corrected chi connectivity index (χ1v) is 9.43. The van der Waals surface area contributed by atoms with E-state index in [2.05, 4.69) is 5.32 Å². The van der Waals surface area contributed by atoms with Gasteiger partial charge < -0.3 is 19.5 Å². The number of anilines is 1. The van der Waals surface area contributed by atoms with Gasteiger partial charge in [0.25, 0.3) is 5.91 Å². The quantitative estimate of drug-likeness (QED) is 0.521. The summed E-state index contributed by atoms with van der Waals surface area (Å²) in [5, 5.41) is 3.16. The van der Waals surface area contributed by atoms with Crippen molar-refractivity contribution in [1.82, 2.24) is 0 Å². The highest BCUT2D eigenvalue weighted by Crippen LogP contribution is 2.27. The molecular weight excluding hydrogens is 406 g/mol. The van der Waals surface area contributed by atoms with E-state index in [0.29, 0.717) is 27.8 Å². The van der Waals surface area contributed by atoms with Gasteiger partial charge in [0.15, 0.2) is 6.61 Å². The normalized spacial score (nSPS) is 10.2. The van der Waals surface area contributed by atoms with Crippen molar-refractivity contribution >= 4 is 29.0 Å². The molecule has 0 fully saturated rings. The fourth-order valence-corrected chi connectivity index (χ4v) is 2.95. The van der Waals surface area contributed by atoms with Gasteiger partial charge in [-0.3, -0.25) is 9.59 Å². The zero-order valence-electron chi connectivity index (χ0n) is 16.5. The maximum Gasteiger partial charge on any atom is 0.259 e. The molecule has 0 aromatic heterocycles. The molecule has 1 N–H and O–H groups in total. The number of amides is 1. The molecule has 1 amide bonds. The highest BCUT2D eigenvalue weighted by molar-refractivity contribution is 6.31. The average Bonchev–Trinajstić information content (AvgIpc) is 2.78. The Morgan fingerprint density at radius 1 is 0.867 bits per heavy atom. The third-order valence-electron chi connectivity index (χ3n) is 4.28. The van der Waals surface area contributed by atoms with Crippen molar-refractivity contribution in [2.75, 3.05) is 26.1 Å². The molecule has 0 aliphatic rings. The summed E-state index contributed by atoms with van der Waals surface area (Å²) in [7, 11) is 2.99. The van der Waals surface area contributed by atoms with Gasteiger partial charge in [-0.15, -0.1) is 0 Å². The van der Waals surface area contributed by atoms with Crippen molar-refractivity contribution in [2.24, 2.45) is 0 Å². The Morgan fingerprint density at radius 2 is 1.60 bits per heavy atom. The molecule has 0 radical (unpaired) electrons. The standard InChI is InChI=1S/C23H20ClNO5/c1-28-17-9-11-21(29-2)18(13-17)20(26)14-30-22-10-8-15(24)12-19(22)23(27)25-16-6-4-3-5-7-16/h3-13H,14H2,1-2H3,(H,25,27). The van der Waals surface area contributed by atoms with E-state index in [1.807, 2.05) is 18.2 Å². The molecule has 3 rings (SSSR count). The van der Waals surface area contributed by atoms with Crippen LogP contribution in [0.3, 0.4) is 0 Å². The van der Waals surface area contributed by atoms with Gasteiger partial charge in [-0.25, -0.2) is 0 Å². The maximum absolute atomic E-state index is 12.7. The second kappa shape index (κ2) is 9.80. The van der Waals surface area contributed by atoms with E-state index in [0.717, 1.165) is 0 Å². The molecular formula is C23H20ClNO5. The predicted octanol–water partition coefficient (Wildman–Crippen LogP) is 4.87. The van der Waals surface area contributed by atoms with Gasteiger partial charge in [0.1, 0.15) is 17.2 Å². The minimum absolute atomic E-state index is 0.219. The topological polar surface area (TPSA) is 73.9 Å². The lowest BCUT2D eigenvalue weighted by Crippen LogP contribution is -2.17. The number of ketones is 1. The predicted molar refractivity (Wildman–Crippen MR) is 115 cm³/mol. The van der Waals surface area contributed by atoms with E-state index >= 15 is 0 Å². The Bertz CT molecular complexity index is 1050. The van der Waals surface area contributed by atoms with Crippen LogP contribution in [0, 0.1) is 0 Å². The number of ether oxygens (including phenoxy) is 3. The Kier molecular flexibility index (Phi) is 6.93. The molecule has 3 aromatic rings. The molecule has 3 aromatic carbocycles. The van der Waals surface area contributed by atoms with Crippen molar-refractivity contribution in [1.29, 1.82) is 0 Å². The molecule has 0 saturated carbocycles. The molecule has 0 saturated heterocycles. The fourth-order valence-electron chi connectivity index (χ4n) is 2.78. The van der Waals surface area contributed by atoms with Crippen LogP contribution in [0.25, 0.3) is 0 Å². The van der Waals surface area contributed by atoms with Gasteiger partial charge in [-0.2, -0.15) is 0 Å². The number of halogens is 1. The lowest BCUT2D eigenvalue weighted by molar-refractivity contribution is 0.0911. The summed E-state index contributed by atoms with van der Waals surface area (Å²) in [6.45, 7) is -0.295. The van der Waals surface area contributed by atoms with Crippen molar-refractivity contribution in [2.45, 2.75) is 0 Å². The van der Waals surface area contributed by atoms with Crippen LogP contribution < -0.4 is 19.5 Å². The number of hydrogen-bond donors (Lipinski definition) is 1. The molecule has 30 heavy (non-hydrogen) atoms. The first-order valence-electron chi connectivity index (χ1n) is 9.06. The summed E-state index contributed by atoms with van der Waals surface area (Å²) in [5.74, 6) is 0.444. The van der Waals surface area contributed by atoms with Crippen LogP contribution in [-0.4, -0.2) is 32.5 Å². The molecule has 0 spiro atoms. The molecule has 0 unspecified atom stereocenters. The number of methoxy groups -OCH3 is 2. The van der Waals surface area contributed by atoms with Crippen LogP contribution >= 0.6 is 11.6 Å². The van der Waals surface area contributed by atoms with E-state index in [9.17, 15) is 9.59 Å². The van der Waals surface area contributed by atoms with Gasteiger partial charge in [0.2, 0.25) is 5.78 Å². The summed E-state index contributed by atoms with van der Waals surface area (Å²) in [4.78, 5) is 25.4. The lowest BCUT2D eigenvalue weighted by atomic mass is 10.1. The minimum atomic E-state index is -0.398. The number of rotatable bonds is 8. The molecule has 0 atom stereocenters. The van der Waals surface area contributed by atoms with E-state index in [-0.39, 0.29) is 23.7 Å². The summed E-state index contributed by atoms with van der Waals surface area (Å²) in [5.41, 5.74) is 1.17. The highest BCUT2D eigenvalue weighted by atomic mass is 35.5. The second-order valence-electron chi connectivity index (χ2n) is 6.24. The van der Waals surface area contributed by atoms with Gasteiger partial charge in [-0.1, -0.05) is 29.8 Å². The summed E-state index contributed by atoms with van der Waals surface area (Å²) < 4.78 is 16.1. The number of nitrogens with one attached hydrogen (secondary N) is 1. The van der Waals surface area contributed by atoms with Crippen LogP contribution in [0.15, 0.2) is 66.7 Å². The van der Waals surface area contributed by atoms with Gasteiger partial charge in [-0.05, 0) is 48.5 Å². The van der Waals surface area contributed by atoms with Crippen LogP contribution in [-0.2, 0) is 0 Å². The van der Waals surface area contributed by atoms with Crippen molar-refractivity contribution in [3.63, 3.8) is 0 Å². The average molecular weight is 426 g/mol. The third kappa shape index (κ3) is 5.10. The third-order valence-corrected chi connectivity index (χ3v) is 4.52. The zero-order chi connectivity index (χ0) is 21.5. The van der Waals surface area contributed by atoms with Crippen LogP contribution in [0.2, 0.25) is 5.02 Å². The van der Waals surface area contributed by atoms with Crippen molar-refractivity contribution in [3.05, 3.63) is 82.9 Å². The Balaban J connectivity index is 1.79. The van der Waals surface area contributed by atoms with Crippen LogP contribution in [0.1, 0.15) is 20.7 Å². The first kappa shape index (κ1) is 21.2. The zero-order valence-corrected chi connectivity index (χ0v) is 17.2. The number of Topliss-reactive ketones (excluding diaryl/α,β-unsaturated/α-hetero) is 1. The fraction of sp³-hybridized carbons (Fsp3) is 0.130. The summed E-state index contributed by atoms with van der Waals surface area (Å²) >= 11 is 6.06. The van der Waals surface area contributed by atoms with Crippen molar-refractivity contribution < 1.29 is 23.8 Å². The smallest absolute Gasteiger partial charge is 0.259 e. The molecule has 0 aliphatic carbocycles.